The molecular weight excluding hydrogens is 402 g/mol. The van der Waals surface area contributed by atoms with Gasteiger partial charge in [-0.2, -0.15) is 9.97 Å². The Morgan fingerprint density at radius 2 is 1.97 bits per heavy atom. The lowest BCUT2D eigenvalue weighted by molar-refractivity contribution is -0.122. The third-order valence-electron chi connectivity index (χ3n) is 5.93. The van der Waals surface area contributed by atoms with Crippen LogP contribution < -0.4 is 16.0 Å². The fourth-order valence-electron chi connectivity index (χ4n) is 4.22. The molecule has 0 spiro atoms. The molecule has 1 aliphatic rings. The van der Waals surface area contributed by atoms with Crippen LogP contribution in [0.4, 0.5) is 11.8 Å². The smallest absolute Gasteiger partial charge is 0.242 e. The molecule has 3 aromatic rings. The van der Waals surface area contributed by atoms with Crippen LogP contribution in [0.15, 0.2) is 55.1 Å². The number of amides is 1. The van der Waals surface area contributed by atoms with Crippen LogP contribution in [0.5, 0.6) is 0 Å². The summed E-state index contributed by atoms with van der Waals surface area (Å²) < 4.78 is 1.92. The lowest BCUT2D eigenvalue weighted by Crippen LogP contribution is -2.41. The molecule has 1 atom stereocenters. The van der Waals surface area contributed by atoms with Gasteiger partial charge >= 0.3 is 0 Å². The average Bonchev–Trinajstić information content (AvgIpc) is 3.38. The Balaban J connectivity index is 1.52. The molecule has 0 aromatic carbocycles. The van der Waals surface area contributed by atoms with E-state index in [9.17, 15) is 4.79 Å². The molecule has 4 rings (SSSR count). The lowest BCUT2D eigenvalue weighted by Gasteiger charge is -2.27. The molecule has 8 heteroatoms. The zero-order valence-corrected chi connectivity index (χ0v) is 18.5. The number of nitrogens with one attached hydrogen (secondary N) is 3. The molecule has 3 heterocycles. The van der Waals surface area contributed by atoms with Crippen molar-refractivity contribution < 1.29 is 4.79 Å². The van der Waals surface area contributed by atoms with Crippen molar-refractivity contribution in [1.82, 2.24) is 24.8 Å². The number of hydrogen-bond acceptors (Lipinski definition) is 6. The molecule has 3 aromatic heterocycles. The van der Waals surface area contributed by atoms with Gasteiger partial charge in [-0.25, -0.2) is 0 Å². The summed E-state index contributed by atoms with van der Waals surface area (Å²) in [6.45, 7) is 0.454. The van der Waals surface area contributed by atoms with E-state index in [1.165, 1.54) is 32.1 Å². The van der Waals surface area contributed by atoms with E-state index in [1.807, 2.05) is 47.3 Å². The lowest BCUT2D eigenvalue weighted by atomic mass is 9.84. The Morgan fingerprint density at radius 3 is 2.69 bits per heavy atom. The Kier molecular flexibility index (Phi) is 7.32. The molecule has 0 unspecified atom stereocenters. The van der Waals surface area contributed by atoms with Gasteiger partial charge in [0.25, 0.3) is 0 Å². The molecule has 3 N–H and O–H groups in total. The van der Waals surface area contributed by atoms with Crippen LogP contribution in [-0.2, 0) is 11.3 Å². The summed E-state index contributed by atoms with van der Waals surface area (Å²) in [4.78, 5) is 26.4. The van der Waals surface area contributed by atoms with Crippen LogP contribution in [0.2, 0.25) is 0 Å². The van der Waals surface area contributed by atoms with E-state index in [2.05, 4.69) is 30.9 Å². The number of anilines is 2. The van der Waals surface area contributed by atoms with Crippen molar-refractivity contribution >= 4 is 17.7 Å². The van der Waals surface area contributed by atoms with Crippen molar-refractivity contribution in [2.45, 2.75) is 51.1 Å². The average molecular weight is 434 g/mol. The summed E-state index contributed by atoms with van der Waals surface area (Å²) in [7, 11) is 1.79. The first-order valence-corrected chi connectivity index (χ1v) is 11.3. The molecule has 0 aliphatic heterocycles. The second-order valence-corrected chi connectivity index (χ2v) is 8.29. The highest BCUT2D eigenvalue weighted by Gasteiger charge is 2.25. The van der Waals surface area contributed by atoms with Crippen LogP contribution in [0.1, 0.15) is 44.1 Å². The maximum absolute atomic E-state index is 13.2. The van der Waals surface area contributed by atoms with E-state index >= 15 is 0 Å². The topological polar surface area (TPSA) is 96.8 Å². The quantitative estimate of drug-likeness (QED) is 0.475. The van der Waals surface area contributed by atoms with Crippen LogP contribution in [0, 0.1) is 5.92 Å². The number of pyridine rings is 1. The summed E-state index contributed by atoms with van der Waals surface area (Å²) >= 11 is 0. The fourth-order valence-corrected chi connectivity index (χ4v) is 4.22. The minimum absolute atomic E-state index is 0.0217. The summed E-state index contributed by atoms with van der Waals surface area (Å²) in [5.74, 6) is 2.40. The van der Waals surface area contributed by atoms with Gasteiger partial charge in [-0.1, -0.05) is 38.2 Å². The Bertz CT molecular complexity index is 985. The zero-order chi connectivity index (χ0) is 22.2. The second kappa shape index (κ2) is 10.7. The molecule has 0 saturated heterocycles. The zero-order valence-electron chi connectivity index (χ0n) is 18.5. The summed E-state index contributed by atoms with van der Waals surface area (Å²) in [5, 5.41) is 9.50. The van der Waals surface area contributed by atoms with E-state index in [4.69, 9.17) is 0 Å². The molecule has 1 saturated carbocycles. The predicted octanol–water partition coefficient (Wildman–Crippen LogP) is 3.77. The van der Waals surface area contributed by atoms with Crippen LogP contribution in [0.25, 0.3) is 5.82 Å². The van der Waals surface area contributed by atoms with Crippen molar-refractivity contribution in [2.75, 3.05) is 17.7 Å². The van der Waals surface area contributed by atoms with Crippen molar-refractivity contribution in [3.63, 3.8) is 0 Å². The van der Waals surface area contributed by atoms with E-state index < -0.39 is 0 Å². The minimum atomic E-state index is -0.369. The number of hydrogen-bond donors (Lipinski definition) is 3. The third-order valence-corrected chi connectivity index (χ3v) is 5.93. The molecule has 168 valence electrons. The third kappa shape index (κ3) is 5.84. The molecule has 1 fully saturated rings. The van der Waals surface area contributed by atoms with Crippen LogP contribution in [0.3, 0.4) is 0 Å². The normalized spacial score (nSPS) is 15.2. The molecule has 8 nitrogen and oxygen atoms in total. The first kappa shape index (κ1) is 21.8. The standard InChI is InChI=1S/C24H31N7O/c1-25-24-29-21(15-22(30-24)31-12-5-6-13-31)28-20(14-18-8-3-2-4-9-18)23(32)27-17-19-10-7-11-26-16-19/h5-7,10-13,15-16,18,20H,2-4,8-9,14,17H2,1H3,(H,27,32)(H2,25,28,29,30)/t20-/m1/s1. The van der Waals surface area contributed by atoms with Crippen molar-refractivity contribution in [1.29, 1.82) is 0 Å². The molecule has 32 heavy (non-hydrogen) atoms. The minimum Gasteiger partial charge on any atom is -0.358 e. The molecular formula is C24H31N7O. The number of carbonyl (C=O) groups is 1. The predicted molar refractivity (Wildman–Crippen MR) is 126 cm³/mol. The van der Waals surface area contributed by atoms with Gasteiger partial charge in [-0.3, -0.25) is 9.78 Å². The van der Waals surface area contributed by atoms with E-state index in [-0.39, 0.29) is 11.9 Å². The van der Waals surface area contributed by atoms with Crippen LogP contribution >= 0.6 is 0 Å². The highest BCUT2D eigenvalue weighted by molar-refractivity contribution is 5.84. The Hall–Kier alpha value is -3.42. The van der Waals surface area contributed by atoms with E-state index in [1.54, 1.807) is 19.4 Å². The van der Waals surface area contributed by atoms with Crippen molar-refractivity contribution in [2.24, 2.45) is 5.92 Å². The monoisotopic (exact) mass is 433 g/mol. The number of nitrogens with zero attached hydrogens (tertiary/aromatic N) is 4. The van der Waals surface area contributed by atoms with Gasteiger partial charge in [-0.15, -0.1) is 0 Å². The SMILES string of the molecule is CNc1nc(N[C@H](CC2CCCCC2)C(=O)NCc2cccnc2)cc(-n2cccc2)n1. The van der Waals surface area contributed by atoms with Gasteiger partial charge in [0.05, 0.1) is 0 Å². The number of rotatable bonds is 9. The first-order chi connectivity index (χ1) is 15.7. The van der Waals surface area contributed by atoms with Crippen molar-refractivity contribution in [3.8, 4) is 5.82 Å². The summed E-state index contributed by atoms with van der Waals surface area (Å²) in [6, 6.07) is 9.25. The number of aromatic nitrogens is 4. The second-order valence-electron chi connectivity index (χ2n) is 8.29. The summed E-state index contributed by atoms with van der Waals surface area (Å²) in [6.07, 6.45) is 14.3. The van der Waals surface area contributed by atoms with Gasteiger partial charge in [0, 0.05) is 44.4 Å². The van der Waals surface area contributed by atoms with Gasteiger partial charge in [0.1, 0.15) is 17.7 Å². The summed E-state index contributed by atoms with van der Waals surface area (Å²) in [5.41, 5.74) is 0.978. The maximum Gasteiger partial charge on any atom is 0.242 e. The highest BCUT2D eigenvalue weighted by Crippen LogP contribution is 2.28. The number of carbonyl (C=O) groups excluding carboxylic acids is 1. The van der Waals surface area contributed by atoms with E-state index in [0.29, 0.717) is 24.2 Å². The van der Waals surface area contributed by atoms with E-state index in [0.717, 1.165) is 17.8 Å². The largest absolute Gasteiger partial charge is 0.358 e. The fraction of sp³-hybridized carbons (Fsp3) is 0.417. The highest BCUT2D eigenvalue weighted by atomic mass is 16.2. The van der Waals surface area contributed by atoms with Gasteiger partial charge < -0.3 is 20.5 Å². The molecule has 0 radical (unpaired) electrons. The van der Waals surface area contributed by atoms with Gasteiger partial charge in [0.2, 0.25) is 11.9 Å². The maximum atomic E-state index is 13.2. The van der Waals surface area contributed by atoms with Gasteiger partial charge in [-0.05, 0) is 36.1 Å². The van der Waals surface area contributed by atoms with Gasteiger partial charge in [0.15, 0.2) is 0 Å². The Morgan fingerprint density at radius 1 is 1.16 bits per heavy atom. The van der Waals surface area contributed by atoms with Crippen molar-refractivity contribution in [3.05, 3.63) is 60.7 Å². The molecule has 1 amide bonds. The first-order valence-electron chi connectivity index (χ1n) is 11.3. The Labute approximate surface area is 188 Å². The van der Waals surface area contributed by atoms with Crippen LogP contribution in [-0.4, -0.2) is 38.5 Å². The molecule has 1 aliphatic carbocycles. The molecule has 0 bridgehead atoms.